The van der Waals surface area contributed by atoms with Crippen molar-refractivity contribution >= 4 is 18.0 Å². The van der Waals surface area contributed by atoms with Crippen LogP contribution in [0.25, 0.3) is 11.1 Å². The second kappa shape index (κ2) is 10.1. The van der Waals surface area contributed by atoms with Crippen molar-refractivity contribution in [2.45, 2.75) is 44.6 Å². The molecule has 2 aromatic rings. The SMILES string of the molecule is CCN(C(=O)OCC1c2ccccc2-c2ccccc21)[C@@H](CC(=O)O)C(=O)N1CCCCC1. The largest absolute Gasteiger partial charge is 0.481 e. The predicted octanol–water partition coefficient (Wildman–Crippen LogP) is 4.11. The lowest BCUT2D eigenvalue weighted by Crippen LogP contribution is -2.53. The summed E-state index contributed by atoms with van der Waals surface area (Å²) in [7, 11) is 0. The summed E-state index contributed by atoms with van der Waals surface area (Å²) in [4.78, 5) is 40.7. The minimum atomic E-state index is -1.12. The number of carbonyl (C=O) groups is 3. The zero-order chi connectivity index (χ0) is 23.4. The molecule has 1 saturated heterocycles. The van der Waals surface area contributed by atoms with E-state index >= 15 is 0 Å². The highest BCUT2D eigenvalue weighted by atomic mass is 16.6. The fourth-order valence-corrected chi connectivity index (χ4v) is 4.97. The number of ether oxygens (including phenoxy) is 1. The number of fused-ring (bicyclic) bond motifs is 3. The first-order valence-corrected chi connectivity index (χ1v) is 11.6. The van der Waals surface area contributed by atoms with Gasteiger partial charge >= 0.3 is 12.1 Å². The van der Waals surface area contributed by atoms with Gasteiger partial charge in [0.25, 0.3) is 0 Å². The Morgan fingerprint density at radius 3 is 2.12 bits per heavy atom. The van der Waals surface area contributed by atoms with Gasteiger partial charge in [0.2, 0.25) is 5.91 Å². The van der Waals surface area contributed by atoms with Gasteiger partial charge in [-0.25, -0.2) is 4.79 Å². The molecule has 0 aromatic heterocycles. The minimum Gasteiger partial charge on any atom is -0.481 e. The summed E-state index contributed by atoms with van der Waals surface area (Å²) < 4.78 is 5.72. The molecule has 7 nitrogen and oxygen atoms in total. The van der Waals surface area contributed by atoms with Crippen LogP contribution in [0, 0.1) is 0 Å². The quantitative estimate of drug-likeness (QED) is 0.686. The second-order valence-corrected chi connectivity index (χ2v) is 8.59. The smallest absolute Gasteiger partial charge is 0.410 e. The molecule has 7 heteroatoms. The predicted molar refractivity (Wildman–Crippen MR) is 124 cm³/mol. The van der Waals surface area contributed by atoms with Crippen LogP contribution in [0.3, 0.4) is 0 Å². The van der Waals surface area contributed by atoms with Crippen LogP contribution in [0.4, 0.5) is 4.79 Å². The molecule has 0 bridgehead atoms. The van der Waals surface area contributed by atoms with Crippen molar-refractivity contribution in [2.75, 3.05) is 26.2 Å². The zero-order valence-corrected chi connectivity index (χ0v) is 18.9. The Morgan fingerprint density at radius 2 is 1.58 bits per heavy atom. The standard InChI is InChI=1S/C26H30N2O5/c1-2-28(23(16-24(29)30)25(31)27-14-8-3-9-15-27)26(32)33-17-22-20-12-6-4-10-18(20)19-11-5-7-13-21(19)22/h4-7,10-13,22-23H,2-3,8-9,14-17H2,1H3,(H,29,30)/t23-/m0/s1. The molecule has 0 radical (unpaired) electrons. The Kier molecular flexibility index (Phi) is 6.96. The highest BCUT2D eigenvalue weighted by Gasteiger charge is 2.36. The highest BCUT2D eigenvalue weighted by molar-refractivity contribution is 5.89. The van der Waals surface area contributed by atoms with Gasteiger partial charge in [0.05, 0.1) is 6.42 Å². The van der Waals surface area contributed by atoms with E-state index < -0.39 is 24.5 Å². The molecule has 1 N–H and O–H groups in total. The Hall–Kier alpha value is -3.35. The number of carboxylic acid groups (broad SMARTS) is 1. The topological polar surface area (TPSA) is 87.1 Å². The fraction of sp³-hybridized carbons (Fsp3) is 0.423. The summed E-state index contributed by atoms with van der Waals surface area (Å²) in [5.41, 5.74) is 4.46. The number of likely N-dealkylation sites (tertiary alicyclic amines) is 1. The number of nitrogens with zero attached hydrogens (tertiary/aromatic N) is 2. The Balaban J connectivity index is 1.51. The van der Waals surface area contributed by atoms with E-state index in [2.05, 4.69) is 12.1 Å². The van der Waals surface area contributed by atoms with Gasteiger partial charge < -0.3 is 14.7 Å². The second-order valence-electron chi connectivity index (χ2n) is 8.59. The maximum Gasteiger partial charge on any atom is 0.410 e. The zero-order valence-electron chi connectivity index (χ0n) is 18.9. The average Bonchev–Trinajstić information content (AvgIpc) is 3.16. The highest BCUT2D eigenvalue weighted by Crippen LogP contribution is 2.44. The summed E-state index contributed by atoms with van der Waals surface area (Å²) in [5, 5.41) is 9.43. The number of piperidine rings is 1. The minimum absolute atomic E-state index is 0.101. The van der Waals surface area contributed by atoms with Crippen LogP contribution in [-0.2, 0) is 14.3 Å². The summed E-state index contributed by atoms with van der Waals surface area (Å²) in [6, 6.07) is 15.1. The van der Waals surface area contributed by atoms with Gasteiger partial charge in [0.15, 0.2) is 0 Å². The number of hydrogen-bond acceptors (Lipinski definition) is 4. The molecule has 1 atom stereocenters. The number of amides is 2. The van der Waals surface area contributed by atoms with Crippen LogP contribution in [0.5, 0.6) is 0 Å². The van der Waals surface area contributed by atoms with E-state index in [-0.39, 0.29) is 25.0 Å². The van der Waals surface area contributed by atoms with Crippen LogP contribution < -0.4 is 0 Å². The van der Waals surface area contributed by atoms with Gasteiger partial charge in [-0.05, 0) is 48.4 Å². The molecule has 2 aliphatic rings. The molecule has 0 spiro atoms. The third kappa shape index (κ3) is 4.72. The Bertz CT molecular complexity index is 985. The molecule has 2 amide bonds. The van der Waals surface area contributed by atoms with Gasteiger partial charge in [0, 0.05) is 25.6 Å². The van der Waals surface area contributed by atoms with Crippen LogP contribution in [-0.4, -0.2) is 65.2 Å². The van der Waals surface area contributed by atoms with E-state index in [4.69, 9.17) is 4.74 Å². The normalized spacial score (nSPS) is 16.0. The number of carboxylic acids is 1. The number of hydrogen-bond donors (Lipinski definition) is 1. The number of likely N-dealkylation sites (N-methyl/N-ethyl adjacent to an activating group) is 1. The first-order chi connectivity index (χ1) is 16.0. The van der Waals surface area contributed by atoms with Gasteiger partial charge in [-0.3, -0.25) is 14.5 Å². The lowest BCUT2D eigenvalue weighted by Gasteiger charge is -2.34. The maximum absolute atomic E-state index is 13.1. The van der Waals surface area contributed by atoms with Gasteiger partial charge in [-0.1, -0.05) is 48.5 Å². The molecule has 1 aliphatic carbocycles. The van der Waals surface area contributed by atoms with E-state index in [0.29, 0.717) is 13.1 Å². The lowest BCUT2D eigenvalue weighted by molar-refractivity contribution is -0.145. The van der Waals surface area contributed by atoms with Crippen molar-refractivity contribution in [1.29, 1.82) is 0 Å². The summed E-state index contributed by atoms with van der Waals surface area (Å²) in [5.74, 6) is -1.53. The Morgan fingerprint density at radius 1 is 1.00 bits per heavy atom. The van der Waals surface area contributed by atoms with Crippen molar-refractivity contribution in [1.82, 2.24) is 9.80 Å². The van der Waals surface area contributed by atoms with Gasteiger partial charge in [-0.2, -0.15) is 0 Å². The third-order valence-corrected chi connectivity index (χ3v) is 6.61. The van der Waals surface area contributed by atoms with Gasteiger partial charge in [0.1, 0.15) is 12.6 Å². The molecule has 2 aromatic carbocycles. The molecule has 1 fully saturated rings. The monoisotopic (exact) mass is 450 g/mol. The van der Waals surface area contributed by atoms with Crippen LogP contribution in [0.2, 0.25) is 0 Å². The first kappa shape index (κ1) is 22.8. The van der Waals surface area contributed by atoms with Crippen molar-refractivity contribution in [3.63, 3.8) is 0 Å². The van der Waals surface area contributed by atoms with Crippen molar-refractivity contribution < 1.29 is 24.2 Å². The number of carbonyl (C=O) groups excluding carboxylic acids is 2. The third-order valence-electron chi connectivity index (χ3n) is 6.61. The van der Waals surface area contributed by atoms with Crippen LogP contribution in [0.15, 0.2) is 48.5 Å². The van der Waals surface area contributed by atoms with Crippen LogP contribution >= 0.6 is 0 Å². The molecule has 174 valence electrons. The number of rotatable bonds is 7. The van der Waals surface area contributed by atoms with E-state index in [0.717, 1.165) is 41.5 Å². The number of benzene rings is 2. The Labute approximate surface area is 193 Å². The molecular weight excluding hydrogens is 420 g/mol. The molecule has 33 heavy (non-hydrogen) atoms. The molecule has 0 saturated carbocycles. The van der Waals surface area contributed by atoms with Crippen molar-refractivity contribution in [2.24, 2.45) is 0 Å². The number of aliphatic carboxylic acids is 1. The molecular formula is C26H30N2O5. The molecule has 0 unspecified atom stereocenters. The van der Waals surface area contributed by atoms with Crippen LogP contribution in [0.1, 0.15) is 49.7 Å². The van der Waals surface area contributed by atoms with E-state index in [9.17, 15) is 19.5 Å². The summed E-state index contributed by atoms with van der Waals surface area (Å²) in [6.07, 6.45) is 1.74. The average molecular weight is 451 g/mol. The first-order valence-electron chi connectivity index (χ1n) is 11.6. The fourth-order valence-electron chi connectivity index (χ4n) is 4.97. The van der Waals surface area contributed by atoms with E-state index in [1.807, 2.05) is 36.4 Å². The van der Waals surface area contributed by atoms with Crippen molar-refractivity contribution in [3.05, 3.63) is 59.7 Å². The van der Waals surface area contributed by atoms with Gasteiger partial charge in [-0.15, -0.1) is 0 Å². The summed E-state index contributed by atoms with van der Waals surface area (Å²) >= 11 is 0. The molecule has 1 aliphatic heterocycles. The summed E-state index contributed by atoms with van der Waals surface area (Å²) in [6.45, 7) is 3.24. The maximum atomic E-state index is 13.1. The molecule has 4 rings (SSSR count). The van der Waals surface area contributed by atoms with Crippen molar-refractivity contribution in [3.8, 4) is 11.1 Å². The lowest BCUT2D eigenvalue weighted by atomic mass is 9.98. The molecule has 1 heterocycles. The van der Waals surface area contributed by atoms with E-state index in [1.165, 1.54) is 4.90 Å². The van der Waals surface area contributed by atoms with E-state index in [1.54, 1.807) is 11.8 Å².